The molecule has 3 rings (SSSR count). The van der Waals surface area contributed by atoms with Crippen molar-refractivity contribution in [1.29, 1.82) is 0 Å². The van der Waals surface area contributed by atoms with Gasteiger partial charge in [0.15, 0.2) is 11.5 Å². The first kappa shape index (κ1) is 14.4. The van der Waals surface area contributed by atoms with E-state index in [1.54, 1.807) is 19.3 Å². The predicted molar refractivity (Wildman–Crippen MR) is 78.8 cm³/mol. The van der Waals surface area contributed by atoms with Gasteiger partial charge in [0.05, 0.1) is 5.56 Å². The van der Waals surface area contributed by atoms with E-state index in [-0.39, 0.29) is 17.1 Å². The molecule has 7 heteroatoms. The molecule has 1 aliphatic carbocycles. The smallest absolute Gasteiger partial charge is 0.255 e. The Labute approximate surface area is 127 Å². The Morgan fingerprint density at radius 2 is 2.14 bits per heavy atom. The third-order valence-corrected chi connectivity index (χ3v) is 3.82. The van der Waals surface area contributed by atoms with Crippen LogP contribution in [0, 0.1) is 6.92 Å². The zero-order valence-electron chi connectivity index (χ0n) is 12.3. The number of benzene rings is 1. The number of nitrogens with zero attached hydrogens (tertiary/aromatic N) is 3. The van der Waals surface area contributed by atoms with E-state index in [0.717, 1.165) is 18.7 Å². The van der Waals surface area contributed by atoms with Gasteiger partial charge in [-0.15, -0.1) is 10.2 Å². The highest BCUT2D eigenvalue weighted by atomic mass is 16.3. The molecule has 0 bridgehead atoms. The molecule has 7 nitrogen and oxygen atoms in total. The first-order valence-corrected chi connectivity index (χ1v) is 7.25. The molecule has 2 aromatic rings. The highest BCUT2D eigenvalue weighted by Crippen LogP contribution is 2.38. The minimum absolute atomic E-state index is 0.0641. The second-order valence-corrected chi connectivity index (χ2v) is 5.54. The molecular formula is C15H18N4O3. The Bertz CT molecular complexity index is 707. The maximum absolute atomic E-state index is 12.1. The normalized spacial score (nSPS) is 14.0. The SMILES string of the molecule is Cc1ccc(C(=O)NCCn2cnnc2C2CC2)c(O)c1O. The van der Waals surface area contributed by atoms with Crippen LogP contribution in [0.15, 0.2) is 18.5 Å². The van der Waals surface area contributed by atoms with Crippen LogP contribution in [0.2, 0.25) is 0 Å². The fourth-order valence-corrected chi connectivity index (χ4v) is 2.34. The van der Waals surface area contributed by atoms with E-state index < -0.39 is 5.91 Å². The zero-order valence-corrected chi connectivity index (χ0v) is 12.3. The van der Waals surface area contributed by atoms with Gasteiger partial charge in [-0.25, -0.2) is 0 Å². The fourth-order valence-electron chi connectivity index (χ4n) is 2.34. The lowest BCUT2D eigenvalue weighted by molar-refractivity contribution is 0.0949. The molecule has 1 saturated carbocycles. The number of aryl methyl sites for hydroxylation is 1. The molecule has 1 heterocycles. The molecule has 0 spiro atoms. The minimum Gasteiger partial charge on any atom is -0.504 e. The number of carbonyl (C=O) groups excluding carboxylic acids is 1. The number of hydrogen-bond acceptors (Lipinski definition) is 5. The fraction of sp³-hybridized carbons (Fsp3) is 0.400. The maximum atomic E-state index is 12.1. The van der Waals surface area contributed by atoms with Crippen LogP contribution in [0.4, 0.5) is 0 Å². The minimum atomic E-state index is -0.422. The van der Waals surface area contributed by atoms with Crippen molar-refractivity contribution in [2.24, 2.45) is 0 Å². The average Bonchev–Trinajstić information content (AvgIpc) is 3.24. The number of nitrogens with one attached hydrogen (secondary N) is 1. The van der Waals surface area contributed by atoms with E-state index in [1.165, 1.54) is 6.07 Å². The quantitative estimate of drug-likeness (QED) is 0.723. The van der Waals surface area contributed by atoms with Crippen molar-refractivity contribution >= 4 is 5.91 Å². The second-order valence-electron chi connectivity index (χ2n) is 5.54. The number of rotatable bonds is 5. The summed E-state index contributed by atoms with van der Waals surface area (Å²) in [5, 5.41) is 30.2. The van der Waals surface area contributed by atoms with Crippen LogP contribution in [-0.2, 0) is 6.54 Å². The molecule has 0 saturated heterocycles. The molecule has 0 atom stereocenters. The molecule has 116 valence electrons. The van der Waals surface area contributed by atoms with Crippen molar-refractivity contribution in [2.45, 2.75) is 32.2 Å². The van der Waals surface area contributed by atoms with Crippen LogP contribution in [-0.4, -0.2) is 37.4 Å². The van der Waals surface area contributed by atoms with Gasteiger partial charge in [0.25, 0.3) is 5.91 Å². The summed E-state index contributed by atoms with van der Waals surface area (Å²) < 4.78 is 1.93. The molecule has 1 amide bonds. The van der Waals surface area contributed by atoms with E-state index in [9.17, 15) is 15.0 Å². The summed E-state index contributed by atoms with van der Waals surface area (Å²) in [5.74, 6) is 0.387. The number of amides is 1. The predicted octanol–water partition coefficient (Wildman–Crippen LogP) is 1.31. The lowest BCUT2D eigenvalue weighted by Crippen LogP contribution is -2.27. The third-order valence-electron chi connectivity index (χ3n) is 3.82. The van der Waals surface area contributed by atoms with E-state index in [2.05, 4.69) is 15.5 Å². The van der Waals surface area contributed by atoms with Gasteiger partial charge in [-0.05, 0) is 31.4 Å². The molecule has 1 aliphatic rings. The number of carbonyl (C=O) groups is 1. The summed E-state index contributed by atoms with van der Waals surface area (Å²) in [6.07, 6.45) is 3.94. The molecule has 3 N–H and O–H groups in total. The van der Waals surface area contributed by atoms with E-state index >= 15 is 0 Å². The Morgan fingerprint density at radius 3 is 2.86 bits per heavy atom. The highest BCUT2D eigenvalue weighted by Gasteiger charge is 2.28. The summed E-state index contributed by atoms with van der Waals surface area (Å²) in [4.78, 5) is 12.1. The molecule has 22 heavy (non-hydrogen) atoms. The standard InChI is InChI=1S/C15H18N4O3/c1-9-2-5-11(13(21)12(9)20)15(22)16-6-7-19-8-17-18-14(19)10-3-4-10/h2,5,8,10,20-21H,3-4,6-7H2,1H3,(H,16,22). The first-order valence-electron chi connectivity index (χ1n) is 7.25. The monoisotopic (exact) mass is 302 g/mol. The summed E-state index contributed by atoms with van der Waals surface area (Å²) >= 11 is 0. The Balaban J connectivity index is 1.61. The van der Waals surface area contributed by atoms with Gasteiger partial charge in [-0.2, -0.15) is 0 Å². The van der Waals surface area contributed by atoms with Crippen molar-refractivity contribution in [2.75, 3.05) is 6.54 Å². The zero-order chi connectivity index (χ0) is 15.7. The first-order chi connectivity index (χ1) is 10.6. The van der Waals surface area contributed by atoms with Gasteiger partial charge >= 0.3 is 0 Å². The van der Waals surface area contributed by atoms with Gasteiger partial charge in [0.1, 0.15) is 12.2 Å². The van der Waals surface area contributed by atoms with Crippen molar-refractivity contribution in [1.82, 2.24) is 20.1 Å². The maximum Gasteiger partial charge on any atom is 0.255 e. The van der Waals surface area contributed by atoms with Gasteiger partial charge in [0, 0.05) is 19.0 Å². The molecule has 1 aromatic heterocycles. The lowest BCUT2D eigenvalue weighted by Gasteiger charge is -2.10. The topological polar surface area (TPSA) is 100 Å². The van der Waals surface area contributed by atoms with Crippen LogP contribution in [0.3, 0.4) is 0 Å². The third kappa shape index (κ3) is 2.74. The van der Waals surface area contributed by atoms with Crippen LogP contribution < -0.4 is 5.32 Å². The number of phenolic OH excluding ortho intramolecular Hbond substituents is 2. The average molecular weight is 302 g/mol. The second kappa shape index (κ2) is 5.67. The van der Waals surface area contributed by atoms with Crippen molar-refractivity contribution < 1.29 is 15.0 Å². The lowest BCUT2D eigenvalue weighted by atomic mass is 10.1. The number of aromatic nitrogens is 3. The van der Waals surface area contributed by atoms with E-state index in [0.29, 0.717) is 24.6 Å². The Kier molecular flexibility index (Phi) is 3.70. The van der Waals surface area contributed by atoms with Crippen LogP contribution in [0.25, 0.3) is 0 Å². The van der Waals surface area contributed by atoms with Crippen molar-refractivity contribution in [3.05, 3.63) is 35.4 Å². The summed E-state index contributed by atoms with van der Waals surface area (Å²) in [5.41, 5.74) is 0.585. The molecule has 0 aliphatic heterocycles. The molecular weight excluding hydrogens is 284 g/mol. The molecule has 0 radical (unpaired) electrons. The van der Waals surface area contributed by atoms with Gasteiger partial charge in [-0.1, -0.05) is 6.07 Å². The van der Waals surface area contributed by atoms with E-state index in [1.807, 2.05) is 4.57 Å². The Hall–Kier alpha value is -2.57. The van der Waals surface area contributed by atoms with Gasteiger partial charge in [-0.3, -0.25) is 4.79 Å². The molecule has 1 fully saturated rings. The number of phenols is 2. The van der Waals surface area contributed by atoms with Gasteiger partial charge < -0.3 is 20.1 Å². The van der Waals surface area contributed by atoms with Crippen LogP contribution in [0.1, 0.15) is 40.5 Å². The summed E-state index contributed by atoms with van der Waals surface area (Å²) in [7, 11) is 0. The largest absolute Gasteiger partial charge is 0.504 e. The summed E-state index contributed by atoms with van der Waals surface area (Å²) in [6.45, 7) is 2.62. The van der Waals surface area contributed by atoms with Crippen LogP contribution in [0.5, 0.6) is 11.5 Å². The number of aromatic hydroxyl groups is 2. The molecule has 1 aromatic carbocycles. The van der Waals surface area contributed by atoms with E-state index in [4.69, 9.17) is 0 Å². The Morgan fingerprint density at radius 1 is 1.36 bits per heavy atom. The number of hydrogen-bond donors (Lipinski definition) is 3. The molecule has 0 unspecified atom stereocenters. The van der Waals surface area contributed by atoms with Crippen molar-refractivity contribution in [3.8, 4) is 11.5 Å². The van der Waals surface area contributed by atoms with Crippen LogP contribution >= 0.6 is 0 Å². The van der Waals surface area contributed by atoms with Crippen molar-refractivity contribution in [3.63, 3.8) is 0 Å². The summed E-state index contributed by atoms with van der Waals surface area (Å²) in [6, 6.07) is 3.09. The van der Waals surface area contributed by atoms with Gasteiger partial charge in [0.2, 0.25) is 0 Å². The highest BCUT2D eigenvalue weighted by molar-refractivity contribution is 5.97.